The number of fused-ring (bicyclic) bond motifs is 1. The van der Waals surface area contributed by atoms with E-state index in [9.17, 15) is 0 Å². The molecule has 1 N–H and O–H groups in total. The molecule has 98 valence electrons. The maximum absolute atomic E-state index is 5.71. The molecule has 3 fully saturated rings. The van der Waals surface area contributed by atoms with Gasteiger partial charge < -0.3 is 10.1 Å². The summed E-state index contributed by atoms with van der Waals surface area (Å²) >= 11 is 0. The van der Waals surface area contributed by atoms with Crippen molar-refractivity contribution in [2.45, 2.75) is 51.3 Å². The molecule has 2 saturated heterocycles. The van der Waals surface area contributed by atoms with Gasteiger partial charge in [0, 0.05) is 25.2 Å². The first-order valence-corrected chi connectivity index (χ1v) is 7.33. The van der Waals surface area contributed by atoms with Crippen LogP contribution in [0.5, 0.6) is 0 Å². The lowest BCUT2D eigenvalue weighted by Gasteiger charge is -2.39. The smallest absolute Gasteiger partial charge is 0.0674 e. The first-order chi connectivity index (χ1) is 8.24. The molecule has 1 aliphatic carbocycles. The molecule has 3 rings (SSSR count). The van der Waals surface area contributed by atoms with Gasteiger partial charge in [-0.3, -0.25) is 4.90 Å². The summed E-state index contributed by atoms with van der Waals surface area (Å²) in [6.07, 6.45) is 4.79. The molecule has 1 saturated carbocycles. The number of nitrogens with one attached hydrogen (secondary N) is 1. The highest BCUT2D eigenvalue weighted by atomic mass is 16.5. The van der Waals surface area contributed by atoms with Crippen LogP contribution in [0.2, 0.25) is 0 Å². The Labute approximate surface area is 105 Å². The van der Waals surface area contributed by atoms with Crippen LogP contribution >= 0.6 is 0 Å². The zero-order chi connectivity index (χ0) is 11.8. The molecule has 5 unspecified atom stereocenters. The molecular formula is C14H26N2O. The summed E-state index contributed by atoms with van der Waals surface area (Å²) in [5.41, 5.74) is 0. The Kier molecular flexibility index (Phi) is 3.42. The topological polar surface area (TPSA) is 24.5 Å². The van der Waals surface area contributed by atoms with E-state index in [4.69, 9.17) is 4.74 Å². The average molecular weight is 238 g/mol. The highest BCUT2D eigenvalue weighted by Crippen LogP contribution is 2.38. The minimum atomic E-state index is 0.409. The Morgan fingerprint density at radius 2 is 2.18 bits per heavy atom. The van der Waals surface area contributed by atoms with Crippen LogP contribution in [0.1, 0.15) is 33.1 Å². The number of rotatable bonds is 2. The second-order valence-electron chi connectivity index (χ2n) is 6.32. The largest absolute Gasteiger partial charge is 0.376 e. The fourth-order valence-corrected chi connectivity index (χ4v) is 3.98. The number of morpholine rings is 1. The summed E-state index contributed by atoms with van der Waals surface area (Å²) in [6.45, 7) is 9.00. The van der Waals surface area contributed by atoms with Crippen molar-refractivity contribution >= 4 is 0 Å². The fourth-order valence-electron chi connectivity index (χ4n) is 3.98. The van der Waals surface area contributed by atoms with Gasteiger partial charge in [-0.05, 0) is 45.1 Å². The monoisotopic (exact) mass is 238 g/mol. The fraction of sp³-hybridized carbons (Fsp3) is 1.00. The zero-order valence-corrected chi connectivity index (χ0v) is 11.2. The summed E-state index contributed by atoms with van der Waals surface area (Å²) in [7, 11) is 0. The molecule has 5 atom stereocenters. The quantitative estimate of drug-likeness (QED) is 0.789. The molecule has 2 heterocycles. The van der Waals surface area contributed by atoms with Crippen molar-refractivity contribution in [3.05, 3.63) is 0 Å². The van der Waals surface area contributed by atoms with E-state index in [0.717, 1.165) is 31.0 Å². The highest BCUT2D eigenvalue weighted by Gasteiger charge is 2.40. The van der Waals surface area contributed by atoms with E-state index in [2.05, 4.69) is 24.1 Å². The van der Waals surface area contributed by atoms with Gasteiger partial charge in [0.1, 0.15) is 0 Å². The van der Waals surface area contributed by atoms with Gasteiger partial charge in [-0.25, -0.2) is 0 Å². The third-order valence-electron chi connectivity index (χ3n) is 5.05. The van der Waals surface area contributed by atoms with E-state index in [1.54, 1.807) is 0 Å². The van der Waals surface area contributed by atoms with Gasteiger partial charge in [0.2, 0.25) is 0 Å². The summed E-state index contributed by atoms with van der Waals surface area (Å²) in [4.78, 5) is 2.63. The van der Waals surface area contributed by atoms with E-state index in [1.807, 2.05) is 0 Å². The summed E-state index contributed by atoms with van der Waals surface area (Å²) in [5.74, 6) is 1.94. The van der Waals surface area contributed by atoms with Crippen LogP contribution in [0.4, 0.5) is 0 Å². The van der Waals surface area contributed by atoms with Crippen molar-refractivity contribution in [2.24, 2.45) is 11.8 Å². The lowest BCUT2D eigenvalue weighted by Crippen LogP contribution is -2.52. The van der Waals surface area contributed by atoms with E-state index in [0.29, 0.717) is 12.1 Å². The van der Waals surface area contributed by atoms with Crippen molar-refractivity contribution < 1.29 is 4.74 Å². The molecule has 0 aromatic carbocycles. The van der Waals surface area contributed by atoms with Crippen LogP contribution in [-0.4, -0.2) is 49.3 Å². The molecule has 0 aromatic rings. The molecule has 17 heavy (non-hydrogen) atoms. The number of nitrogens with zero attached hydrogens (tertiary/aromatic N) is 1. The van der Waals surface area contributed by atoms with Crippen LogP contribution in [0.25, 0.3) is 0 Å². The molecule has 0 radical (unpaired) electrons. The third kappa shape index (κ3) is 2.38. The van der Waals surface area contributed by atoms with E-state index in [1.165, 1.54) is 32.4 Å². The van der Waals surface area contributed by atoms with Crippen molar-refractivity contribution in [3.63, 3.8) is 0 Å². The molecule has 3 heteroatoms. The maximum Gasteiger partial charge on any atom is 0.0674 e. The van der Waals surface area contributed by atoms with Crippen LogP contribution < -0.4 is 5.32 Å². The highest BCUT2D eigenvalue weighted by molar-refractivity contribution is 4.96. The van der Waals surface area contributed by atoms with Gasteiger partial charge in [-0.1, -0.05) is 6.42 Å². The molecule has 0 amide bonds. The molecule has 3 nitrogen and oxygen atoms in total. The van der Waals surface area contributed by atoms with Gasteiger partial charge in [0.15, 0.2) is 0 Å². The minimum Gasteiger partial charge on any atom is -0.376 e. The van der Waals surface area contributed by atoms with Gasteiger partial charge in [-0.15, -0.1) is 0 Å². The standard InChI is InChI=1S/C14H26N2O/c1-10-9-17-11(2)7-16(10)8-14-13-5-3-4-12(13)6-15-14/h10-15H,3-9H2,1-2H3. The van der Waals surface area contributed by atoms with Crippen molar-refractivity contribution in [2.75, 3.05) is 26.2 Å². The first kappa shape index (κ1) is 11.9. The Balaban J connectivity index is 1.58. The SMILES string of the molecule is CC1CN(CC2NCC3CCCC32)C(C)CO1. The van der Waals surface area contributed by atoms with Crippen LogP contribution in [-0.2, 0) is 4.74 Å². The lowest BCUT2D eigenvalue weighted by molar-refractivity contribution is -0.0529. The molecule has 0 bridgehead atoms. The Morgan fingerprint density at radius 1 is 1.29 bits per heavy atom. The summed E-state index contributed by atoms with van der Waals surface area (Å²) in [6, 6.07) is 1.34. The second-order valence-corrected chi connectivity index (χ2v) is 6.32. The molecule has 3 aliphatic rings. The van der Waals surface area contributed by atoms with Crippen LogP contribution in [0, 0.1) is 11.8 Å². The summed E-state index contributed by atoms with van der Waals surface area (Å²) in [5, 5.41) is 3.76. The van der Waals surface area contributed by atoms with Gasteiger partial charge >= 0.3 is 0 Å². The predicted octanol–water partition coefficient (Wildman–Crippen LogP) is 1.48. The van der Waals surface area contributed by atoms with Crippen molar-refractivity contribution in [1.29, 1.82) is 0 Å². The molecule has 2 aliphatic heterocycles. The van der Waals surface area contributed by atoms with Gasteiger partial charge in [0.05, 0.1) is 12.7 Å². The maximum atomic E-state index is 5.71. The predicted molar refractivity (Wildman–Crippen MR) is 69.1 cm³/mol. The molecule has 0 aromatic heterocycles. The minimum absolute atomic E-state index is 0.409. The Hall–Kier alpha value is -0.120. The molecular weight excluding hydrogens is 212 g/mol. The first-order valence-electron chi connectivity index (χ1n) is 7.33. The summed E-state index contributed by atoms with van der Waals surface area (Å²) < 4.78 is 5.71. The number of ether oxygens (including phenoxy) is 1. The van der Waals surface area contributed by atoms with E-state index < -0.39 is 0 Å². The van der Waals surface area contributed by atoms with Crippen molar-refractivity contribution in [1.82, 2.24) is 10.2 Å². The van der Waals surface area contributed by atoms with Crippen molar-refractivity contribution in [3.8, 4) is 0 Å². The van der Waals surface area contributed by atoms with E-state index >= 15 is 0 Å². The molecule has 0 spiro atoms. The van der Waals surface area contributed by atoms with E-state index in [-0.39, 0.29) is 0 Å². The van der Waals surface area contributed by atoms with Crippen LogP contribution in [0.15, 0.2) is 0 Å². The average Bonchev–Trinajstić information content (AvgIpc) is 2.88. The zero-order valence-electron chi connectivity index (χ0n) is 11.2. The normalized spacial score (nSPS) is 47.3. The Morgan fingerprint density at radius 3 is 3.06 bits per heavy atom. The number of hydrogen-bond acceptors (Lipinski definition) is 3. The van der Waals surface area contributed by atoms with Gasteiger partial charge in [0.25, 0.3) is 0 Å². The number of hydrogen-bond donors (Lipinski definition) is 1. The van der Waals surface area contributed by atoms with Crippen LogP contribution in [0.3, 0.4) is 0 Å². The Bertz CT molecular complexity index is 271. The lowest BCUT2D eigenvalue weighted by atomic mass is 9.93. The second kappa shape index (κ2) is 4.87. The third-order valence-corrected chi connectivity index (χ3v) is 5.05. The van der Waals surface area contributed by atoms with Gasteiger partial charge in [-0.2, -0.15) is 0 Å².